The van der Waals surface area contributed by atoms with Crippen molar-refractivity contribution in [3.05, 3.63) is 48.5 Å². The molecule has 2 aromatic carbocycles. The summed E-state index contributed by atoms with van der Waals surface area (Å²) in [4.78, 5) is 4.77. The Balaban J connectivity index is 2.36. The summed E-state index contributed by atoms with van der Waals surface area (Å²) in [5.41, 5.74) is 4.79. The fraction of sp³-hybridized carbons (Fsp3) is 0. The summed E-state index contributed by atoms with van der Waals surface area (Å²) in [6, 6.07) is 16.9. The number of halogens is 2. The monoisotopic (exact) mass is 460 g/mol. The topological polar surface area (TPSA) is 22.2 Å². The van der Waals surface area contributed by atoms with Crippen LogP contribution < -0.4 is 17.5 Å². The van der Waals surface area contributed by atoms with E-state index in [9.17, 15) is 0 Å². The van der Waals surface area contributed by atoms with Gasteiger partial charge in [0.15, 0.2) is 0 Å². The van der Waals surface area contributed by atoms with E-state index in [0.29, 0.717) is 0 Å². The van der Waals surface area contributed by atoms with Crippen molar-refractivity contribution in [3.63, 3.8) is 0 Å². The second-order valence-electron chi connectivity index (χ2n) is 4.07. The number of aromatic nitrogens is 3. The standard InChI is InChI=1S/C13H8I2N3/c14-15-18-12-8-4-3-7-11(12)17-10-6-2-1-5-9(10)16-13(17)18/h1-8H/q-1. The first kappa shape index (κ1) is 11.0. The van der Waals surface area contributed by atoms with Crippen LogP contribution in [0.25, 0.3) is 27.8 Å². The molecule has 18 heavy (non-hydrogen) atoms. The van der Waals surface area contributed by atoms with Gasteiger partial charge in [-0.05, 0) is 0 Å². The van der Waals surface area contributed by atoms with Crippen LogP contribution in [0.3, 0.4) is 0 Å². The van der Waals surface area contributed by atoms with Gasteiger partial charge in [-0.25, -0.2) is 0 Å². The van der Waals surface area contributed by atoms with Gasteiger partial charge in [-0.15, -0.1) is 0 Å². The molecule has 4 aromatic rings. The molecular weight excluding hydrogens is 452 g/mol. The molecule has 0 aliphatic carbocycles. The average Bonchev–Trinajstić information content (AvgIpc) is 2.92. The molecule has 0 radical (unpaired) electrons. The van der Waals surface area contributed by atoms with Gasteiger partial charge in [-0.2, -0.15) is 0 Å². The van der Waals surface area contributed by atoms with Crippen molar-refractivity contribution in [2.75, 3.05) is 0 Å². The molecule has 0 fully saturated rings. The average molecular weight is 460 g/mol. The maximum atomic E-state index is 4.77. The Kier molecular flexibility index (Phi) is 2.51. The van der Waals surface area contributed by atoms with Crippen LogP contribution in [0.15, 0.2) is 48.5 Å². The van der Waals surface area contributed by atoms with Crippen LogP contribution in [0.2, 0.25) is 0 Å². The third-order valence-corrected chi connectivity index (χ3v) is 6.88. The van der Waals surface area contributed by atoms with Gasteiger partial charge in [0.2, 0.25) is 0 Å². The fourth-order valence-electron chi connectivity index (χ4n) is 2.37. The van der Waals surface area contributed by atoms with Gasteiger partial charge in [0.05, 0.1) is 0 Å². The van der Waals surface area contributed by atoms with E-state index in [2.05, 4.69) is 68.3 Å². The molecule has 0 bridgehead atoms. The van der Waals surface area contributed by atoms with Gasteiger partial charge >= 0.3 is 125 Å². The van der Waals surface area contributed by atoms with E-state index in [1.807, 2.05) is 6.07 Å². The van der Waals surface area contributed by atoms with Gasteiger partial charge in [0.1, 0.15) is 0 Å². The van der Waals surface area contributed by atoms with Crippen molar-refractivity contribution in [1.82, 2.24) is 12.2 Å². The molecule has 0 amide bonds. The Morgan fingerprint density at radius 1 is 0.889 bits per heavy atom. The van der Waals surface area contributed by atoms with Gasteiger partial charge < -0.3 is 0 Å². The van der Waals surface area contributed by atoms with E-state index in [1.165, 1.54) is 16.6 Å². The molecule has 0 unspecified atom stereocenters. The number of rotatable bonds is 1. The summed E-state index contributed by atoms with van der Waals surface area (Å²) in [5, 5.41) is 0. The van der Waals surface area contributed by atoms with E-state index in [0.717, 1.165) is 11.3 Å². The molecule has 0 atom stereocenters. The molecule has 0 saturated carbocycles. The molecule has 0 aliphatic heterocycles. The third kappa shape index (κ3) is 1.37. The fourth-order valence-corrected chi connectivity index (χ4v) is 5.88. The van der Waals surface area contributed by atoms with E-state index in [4.69, 9.17) is 4.98 Å². The number of fused-ring (bicyclic) bond motifs is 5. The molecule has 90 valence electrons. The van der Waals surface area contributed by atoms with E-state index >= 15 is 0 Å². The number of benzene rings is 2. The normalized spacial score (nSPS) is 12.1. The van der Waals surface area contributed by atoms with Crippen molar-refractivity contribution in [2.45, 2.75) is 0 Å². The Labute approximate surface area is 124 Å². The van der Waals surface area contributed by atoms with Crippen LogP contribution in [0.4, 0.5) is 0 Å². The molecule has 0 spiro atoms. The summed E-state index contributed by atoms with van der Waals surface area (Å²) in [7, 11) is 0. The summed E-state index contributed by atoms with van der Waals surface area (Å²) in [5.74, 6) is 1.07. The van der Waals surface area contributed by atoms with Crippen LogP contribution in [-0.2, 0) is 0 Å². The first-order valence-corrected chi connectivity index (χ1v) is 12.8. The Morgan fingerprint density at radius 2 is 1.56 bits per heavy atom. The first-order chi connectivity index (χ1) is 8.90. The number of nitrogens with zero attached hydrogens (tertiary/aromatic N) is 3. The quantitative estimate of drug-likeness (QED) is 0.383. The van der Waals surface area contributed by atoms with Crippen LogP contribution in [0.1, 0.15) is 0 Å². The van der Waals surface area contributed by atoms with Crippen molar-refractivity contribution in [2.24, 2.45) is 0 Å². The summed E-state index contributed by atoms with van der Waals surface area (Å²) >= 11 is 2.40. The van der Waals surface area contributed by atoms with Crippen LogP contribution in [0.5, 0.6) is 0 Å². The van der Waals surface area contributed by atoms with Gasteiger partial charge in [0, 0.05) is 0 Å². The van der Waals surface area contributed by atoms with E-state index in [-0.39, 0.29) is 17.5 Å². The van der Waals surface area contributed by atoms with Crippen molar-refractivity contribution >= 4 is 46.5 Å². The van der Waals surface area contributed by atoms with Crippen molar-refractivity contribution in [3.8, 4) is 0 Å². The van der Waals surface area contributed by atoms with Crippen LogP contribution in [0, 0.1) is 0 Å². The Bertz CT molecular complexity index is 876. The molecule has 0 aliphatic rings. The maximum absolute atomic E-state index is 4.77. The number of para-hydroxylation sites is 4. The van der Waals surface area contributed by atoms with E-state index < -0.39 is 0 Å². The molecule has 5 heteroatoms. The SMILES string of the molecule is I[I-]n1c2ccccc2n2c3ccccc3nc12. The second-order valence-corrected chi connectivity index (χ2v) is 7.85. The second kappa shape index (κ2) is 4.09. The van der Waals surface area contributed by atoms with E-state index in [1.54, 1.807) is 0 Å². The third-order valence-electron chi connectivity index (χ3n) is 3.12. The molecule has 2 heterocycles. The predicted molar refractivity (Wildman–Crippen MR) is 77.6 cm³/mol. The molecule has 4 rings (SSSR count). The first-order valence-electron chi connectivity index (χ1n) is 5.53. The number of hydrogen-bond donors (Lipinski definition) is 0. The molecule has 3 nitrogen and oxygen atoms in total. The number of imidazole rings is 2. The van der Waals surface area contributed by atoms with Gasteiger partial charge in [-0.3, -0.25) is 0 Å². The zero-order chi connectivity index (χ0) is 12.1. The molecule has 0 saturated heterocycles. The zero-order valence-electron chi connectivity index (χ0n) is 9.22. The predicted octanol–water partition coefficient (Wildman–Crippen LogP) is 0.644. The Hall–Kier alpha value is -0.830. The zero-order valence-corrected chi connectivity index (χ0v) is 13.5. The van der Waals surface area contributed by atoms with Crippen LogP contribution >= 0.6 is 18.6 Å². The molecule has 0 N–H and O–H groups in total. The molecule has 2 aromatic heterocycles. The molecular formula is C13H8I2N3-. The summed E-state index contributed by atoms with van der Waals surface area (Å²) in [6.07, 6.45) is 0. The summed E-state index contributed by atoms with van der Waals surface area (Å²) in [6.45, 7) is 0. The van der Waals surface area contributed by atoms with Gasteiger partial charge in [-0.1, -0.05) is 0 Å². The Morgan fingerprint density at radius 3 is 2.33 bits per heavy atom. The van der Waals surface area contributed by atoms with Crippen LogP contribution in [-0.4, -0.2) is 12.2 Å². The number of hydrogen-bond acceptors (Lipinski definition) is 1. The van der Waals surface area contributed by atoms with Gasteiger partial charge in [0.25, 0.3) is 0 Å². The minimum absolute atomic E-state index is 0.0919. The van der Waals surface area contributed by atoms with Crippen molar-refractivity contribution in [1.29, 1.82) is 0 Å². The summed E-state index contributed by atoms with van der Waals surface area (Å²) < 4.78 is 4.62. The van der Waals surface area contributed by atoms with Crippen molar-refractivity contribution < 1.29 is 17.5 Å². The minimum atomic E-state index is -0.0919.